The van der Waals surface area contributed by atoms with E-state index in [1.165, 1.54) is 0 Å². The first-order valence-corrected chi connectivity index (χ1v) is 12.5. The first kappa shape index (κ1) is 15.2. The monoisotopic (exact) mass is 491 g/mol. The Morgan fingerprint density at radius 3 is 1.76 bits per heavy atom. The minimum Gasteiger partial charge on any atom is -0.309 e. The van der Waals surface area contributed by atoms with Crippen molar-refractivity contribution in [2.75, 3.05) is 0 Å². The zero-order valence-electron chi connectivity index (χ0n) is 27.2. The van der Waals surface area contributed by atoms with E-state index in [4.69, 9.17) is 6.85 Å². The second-order valence-electron chi connectivity index (χ2n) is 9.29. The van der Waals surface area contributed by atoms with Gasteiger partial charge in [-0.3, -0.25) is 0 Å². The van der Waals surface area contributed by atoms with Crippen LogP contribution in [0, 0.1) is 0 Å². The Morgan fingerprint density at radius 1 is 0.421 bits per heavy atom. The first-order chi connectivity index (χ1) is 21.8. The van der Waals surface area contributed by atoms with Crippen LogP contribution < -0.4 is 0 Å². The van der Waals surface area contributed by atoms with Crippen LogP contribution >= 0.6 is 0 Å². The summed E-state index contributed by atoms with van der Waals surface area (Å²) in [4.78, 5) is 0. The highest BCUT2D eigenvalue weighted by molar-refractivity contribution is 6.16. The van der Waals surface area contributed by atoms with E-state index in [1.807, 2.05) is 108 Å². The molecule has 2 aromatic heterocycles. The lowest BCUT2D eigenvalue weighted by molar-refractivity contribution is 1.17. The van der Waals surface area contributed by atoms with Gasteiger partial charge in [-0.25, -0.2) is 0 Å². The third-order valence-corrected chi connectivity index (χ3v) is 7.24. The first-order valence-electron chi connectivity index (χ1n) is 16.0. The van der Waals surface area contributed by atoms with E-state index in [-0.39, 0.29) is 52.7 Å². The van der Waals surface area contributed by atoms with E-state index < -0.39 is 6.04 Å². The molecule has 8 aromatic rings. The summed E-state index contributed by atoms with van der Waals surface area (Å²) in [5, 5.41) is 2.44. The fourth-order valence-corrected chi connectivity index (χ4v) is 5.58. The zero-order valence-corrected chi connectivity index (χ0v) is 20.2. The van der Waals surface area contributed by atoms with Crippen molar-refractivity contribution in [3.05, 3.63) is 145 Å². The van der Waals surface area contributed by atoms with E-state index in [1.54, 1.807) is 4.57 Å². The molecule has 0 aliphatic rings. The van der Waals surface area contributed by atoms with Crippen molar-refractivity contribution in [2.24, 2.45) is 0 Å². The highest BCUT2D eigenvalue weighted by atomic mass is 15.0. The maximum atomic E-state index is 9.25. The Morgan fingerprint density at radius 2 is 1.03 bits per heavy atom. The third kappa shape index (κ3) is 3.01. The Kier molecular flexibility index (Phi) is 3.30. The van der Waals surface area contributed by atoms with Crippen molar-refractivity contribution in [3.63, 3.8) is 0 Å². The Hall–Kier alpha value is -5.08. The summed E-state index contributed by atoms with van der Waals surface area (Å²) >= 11 is 0. The molecule has 0 aliphatic carbocycles. The van der Waals surface area contributed by atoms with Crippen LogP contribution in [0.5, 0.6) is 0 Å². The van der Waals surface area contributed by atoms with E-state index in [0.717, 1.165) is 32.9 Å². The maximum Gasteiger partial charge on any atom is 0.0645 e. The Bertz CT molecular complexity index is 2440. The normalized spacial score (nSPS) is 14.3. The average molecular weight is 492 g/mol. The fourth-order valence-electron chi connectivity index (χ4n) is 5.58. The lowest BCUT2D eigenvalue weighted by Gasteiger charge is -2.12. The topological polar surface area (TPSA) is 9.86 Å². The van der Waals surface area contributed by atoms with Gasteiger partial charge in [-0.2, -0.15) is 0 Å². The van der Waals surface area contributed by atoms with Gasteiger partial charge in [0, 0.05) is 27.2 Å². The lowest BCUT2D eigenvalue weighted by atomic mass is 10.1. The molecule has 2 heterocycles. The molecule has 0 spiro atoms. The molecule has 0 bridgehead atoms. The molecule has 2 nitrogen and oxygen atoms in total. The molecular weight excluding hydrogens is 460 g/mol. The van der Waals surface area contributed by atoms with Gasteiger partial charge < -0.3 is 9.13 Å². The molecule has 0 atom stereocenters. The van der Waals surface area contributed by atoms with Gasteiger partial charge in [0.15, 0.2) is 0 Å². The summed E-state index contributed by atoms with van der Waals surface area (Å²) in [5.41, 5.74) is 4.91. The van der Waals surface area contributed by atoms with Gasteiger partial charge in [-0.05, 0) is 53.5 Å². The zero-order chi connectivity index (χ0) is 31.1. The quantitative estimate of drug-likeness (QED) is 0.233. The van der Waals surface area contributed by atoms with Gasteiger partial charge in [-0.15, -0.1) is 0 Å². The third-order valence-electron chi connectivity index (χ3n) is 7.24. The second-order valence-corrected chi connectivity index (χ2v) is 9.29. The van der Waals surface area contributed by atoms with E-state index in [2.05, 4.69) is 0 Å². The maximum absolute atomic E-state index is 9.25. The molecule has 6 aromatic carbocycles. The van der Waals surface area contributed by atoms with E-state index >= 15 is 0 Å². The van der Waals surface area contributed by atoms with Gasteiger partial charge in [0.1, 0.15) is 0 Å². The van der Waals surface area contributed by atoms with Crippen LogP contribution in [0.15, 0.2) is 145 Å². The minimum absolute atomic E-state index is 0.190. The molecule has 178 valence electrons. The van der Waals surface area contributed by atoms with Crippen LogP contribution in [0.25, 0.3) is 66.1 Å². The van der Waals surface area contributed by atoms with E-state index in [9.17, 15) is 2.74 Å². The number of fused-ring (bicyclic) bond motifs is 6. The lowest BCUT2D eigenvalue weighted by Crippen LogP contribution is -1.96. The largest absolute Gasteiger partial charge is 0.309 e. The molecule has 38 heavy (non-hydrogen) atoms. The van der Waals surface area contributed by atoms with Crippen LogP contribution in [0.4, 0.5) is 0 Å². The smallest absolute Gasteiger partial charge is 0.0645 e. The van der Waals surface area contributed by atoms with Gasteiger partial charge >= 0.3 is 0 Å². The molecule has 2 heteroatoms. The molecular formula is C36H24N2. The van der Waals surface area contributed by atoms with Crippen molar-refractivity contribution >= 4 is 43.6 Å². The molecule has 8 rings (SSSR count). The van der Waals surface area contributed by atoms with Crippen LogP contribution in [0.3, 0.4) is 0 Å². The van der Waals surface area contributed by atoms with Gasteiger partial charge in [-0.1, -0.05) is 103 Å². The molecule has 0 saturated carbocycles. The number of aromatic nitrogens is 2. The summed E-state index contributed by atoms with van der Waals surface area (Å²) in [6.07, 6.45) is 0. The fraction of sp³-hybridized carbons (Fsp3) is 0. The van der Waals surface area contributed by atoms with Crippen molar-refractivity contribution in [1.29, 1.82) is 0 Å². The van der Waals surface area contributed by atoms with Crippen LogP contribution in [-0.4, -0.2) is 9.13 Å². The van der Waals surface area contributed by atoms with Crippen molar-refractivity contribution in [2.45, 2.75) is 0 Å². The molecule has 0 amide bonds. The van der Waals surface area contributed by atoms with Crippen LogP contribution in [-0.2, 0) is 0 Å². The minimum atomic E-state index is -0.396. The molecule has 0 radical (unpaired) electrons. The van der Waals surface area contributed by atoms with Gasteiger partial charge in [0.2, 0.25) is 0 Å². The number of rotatable bonds is 3. The summed E-state index contributed by atoms with van der Waals surface area (Å²) in [7, 11) is 0. The number of hydrogen-bond acceptors (Lipinski definition) is 0. The highest BCUT2D eigenvalue weighted by Crippen LogP contribution is 2.39. The van der Waals surface area contributed by atoms with Gasteiger partial charge in [0.05, 0.1) is 37.3 Å². The predicted octanol–water partition coefficient (Wildman–Crippen LogP) is 9.55. The van der Waals surface area contributed by atoms with E-state index in [0.29, 0.717) is 16.8 Å². The number of para-hydroxylation sites is 3. The standard InChI is InChI=1S/C36H24N2/c1-2-11-25(12-3-1)26-21-23-27(24-22-26)37-33-18-9-6-15-30(33)36-34(37)19-10-20-35(36)38-31-16-7-4-13-28(31)29-14-5-8-17-32(29)38/h1-24H/i6D,9D,10D,15D,18D,19D,20D. The summed E-state index contributed by atoms with van der Waals surface area (Å²) < 4.78 is 66.2. The molecule has 0 unspecified atom stereocenters. The van der Waals surface area contributed by atoms with Crippen molar-refractivity contribution in [3.8, 4) is 22.5 Å². The van der Waals surface area contributed by atoms with Crippen molar-refractivity contribution < 1.29 is 9.60 Å². The number of benzene rings is 6. The van der Waals surface area contributed by atoms with Crippen molar-refractivity contribution in [1.82, 2.24) is 9.13 Å². The number of nitrogens with zero attached hydrogens (tertiary/aromatic N) is 2. The highest BCUT2D eigenvalue weighted by Gasteiger charge is 2.19. The average Bonchev–Trinajstić information content (AvgIpc) is 3.60. The molecule has 0 saturated heterocycles. The summed E-state index contributed by atoms with van der Waals surface area (Å²) in [6, 6.07) is 31.1. The summed E-state index contributed by atoms with van der Waals surface area (Å²) in [6.45, 7) is 0. The van der Waals surface area contributed by atoms with Gasteiger partial charge in [0.25, 0.3) is 0 Å². The van der Waals surface area contributed by atoms with Crippen LogP contribution in [0.2, 0.25) is 0 Å². The Labute approximate surface area is 230 Å². The predicted molar refractivity (Wildman–Crippen MR) is 161 cm³/mol. The summed E-state index contributed by atoms with van der Waals surface area (Å²) in [5.74, 6) is 0. The SMILES string of the molecule is [2H]c1c([2H])c([2H])c2c(c1[2H])c1c(-n3c4ccccc4c4ccccc43)c([2H])c([2H])c([2H])c1n2-c1ccc(-c2ccccc2)cc1. The number of hydrogen-bond donors (Lipinski definition) is 0. The van der Waals surface area contributed by atoms with Crippen LogP contribution in [0.1, 0.15) is 9.60 Å². The molecule has 0 N–H and O–H groups in total. The molecule has 0 fully saturated rings. The molecule has 0 aliphatic heterocycles. The Balaban J connectivity index is 1.59. The second kappa shape index (κ2) is 8.22.